The number of rotatable bonds is 3. The van der Waals surface area contributed by atoms with E-state index in [1.54, 1.807) is 11.8 Å². The van der Waals surface area contributed by atoms with Crippen LogP contribution in [0.5, 0.6) is 0 Å². The van der Waals surface area contributed by atoms with Gasteiger partial charge in [-0.15, -0.1) is 0 Å². The van der Waals surface area contributed by atoms with Crippen molar-refractivity contribution in [1.82, 2.24) is 0 Å². The minimum absolute atomic E-state index is 0.532. The van der Waals surface area contributed by atoms with Gasteiger partial charge in [0.05, 0.1) is 16.4 Å². The Morgan fingerprint density at radius 1 is 1.15 bits per heavy atom. The molecule has 1 aliphatic rings. The van der Waals surface area contributed by atoms with Gasteiger partial charge in [-0.1, -0.05) is 47.7 Å². The molecule has 1 heterocycles. The van der Waals surface area contributed by atoms with E-state index in [2.05, 4.69) is 29.2 Å². The molecule has 102 valence electrons. The molecule has 2 aromatic rings. The molecule has 1 aliphatic heterocycles. The van der Waals surface area contributed by atoms with E-state index in [0.29, 0.717) is 11.4 Å². The summed E-state index contributed by atoms with van der Waals surface area (Å²) in [7, 11) is 0. The second kappa shape index (κ2) is 5.64. The van der Waals surface area contributed by atoms with Crippen LogP contribution in [0.3, 0.4) is 0 Å². The van der Waals surface area contributed by atoms with Crippen LogP contribution in [0, 0.1) is 0 Å². The van der Waals surface area contributed by atoms with Gasteiger partial charge in [-0.05, 0) is 30.3 Å². The number of anilines is 2. The van der Waals surface area contributed by atoms with Crippen LogP contribution in [0.25, 0.3) is 0 Å². The van der Waals surface area contributed by atoms with E-state index in [1.807, 2.05) is 18.2 Å². The maximum Gasteiger partial charge on any atom is 0.0745 e. The van der Waals surface area contributed by atoms with Gasteiger partial charge >= 0.3 is 0 Å². The number of hydrogen-bond donors (Lipinski definition) is 1. The van der Waals surface area contributed by atoms with Crippen molar-refractivity contribution < 1.29 is 0 Å². The van der Waals surface area contributed by atoms with E-state index >= 15 is 0 Å². The highest BCUT2D eigenvalue weighted by Gasteiger charge is 2.23. The van der Waals surface area contributed by atoms with Crippen molar-refractivity contribution in [3.05, 3.63) is 47.5 Å². The largest absolute Gasteiger partial charge is 0.393 e. The van der Waals surface area contributed by atoms with Crippen molar-refractivity contribution >= 4 is 51.9 Å². The third kappa shape index (κ3) is 2.64. The molecule has 20 heavy (non-hydrogen) atoms. The third-order valence-electron chi connectivity index (χ3n) is 3.17. The lowest BCUT2D eigenvalue weighted by Gasteiger charge is -2.32. The van der Waals surface area contributed by atoms with Crippen LogP contribution in [-0.2, 0) is 0 Å². The zero-order valence-corrected chi connectivity index (χ0v) is 13.1. The lowest BCUT2D eigenvalue weighted by atomic mass is 10.2. The lowest BCUT2D eigenvalue weighted by molar-refractivity contribution is 0.935. The van der Waals surface area contributed by atoms with E-state index in [0.717, 1.165) is 17.3 Å². The van der Waals surface area contributed by atoms with E-state index in [-0.39, 0.29) is 0 Å². The fourth-order valence-corrected chi connectivity index (χ4v) is 3.60. The first-order valence-corrected chi connectivity index (χ1v) is 7.88. The van der Waals surface area contributed by atoms with Gasteiger partial charge in [0, 0.05) is 27.8 Å². The normalized spacial score (nSPS) is 12.8. The Bertz CT molecular complexity index is 673. The first-order chi connectivity index (χ1) is 9.65. The topological polar surface area (TPSA) is 29.3 Å². The van der Waals surface area contributed by atoms with Gasteiger partial charge in [0.15, 0.2) is 0 Å². The van der Waals surface area contributed by atoms with Crippen molar-refractivity contribution in [2.45, 2.75) is 16.2 Å². The summed E-state index contributed by atoms with van der Waals surface area (Å²) < 4.78 is 0. The Morgan fingerprint density at radius 2 is 1.90 bits per heavy atom. The number of hydrogen-bond acceptors (Lipinski definition) is 3. The van der Waals surface area contributed by atoms with Crippen LogP contribution in [0.2, 0.25) is 5.02 Å². The van der Waals surface area contributed by atoms with Crippen LogP contribution < -0.4 is 10.6 Å². The van der Waals surface area contributed by atoms with Crippen molar-refractivity contribution in [3.8, 4) is 0 Å². The van der Waals surface area contributed by atoms with E-state index < -0.39 is 0 Å². The van der Waals surface area contributed by atoms with Gasteiger partial charge in [0.1, 0.15) is 0 Å². The minimum Gasteiger partial charge on any atom is -0.393 e. The fourth-order valence-electron chi connectivity index (χ4n) is 2.27. The van der Waals surface area contributed by atoms with Crippen molar-refractivity contribution in [2.75, 3.05) is 11.4 Å². The van der Waals surface area contributed by atoms with Crippen LogP contribution in [0.1, 0.15) is 6.42 Å². The summed E-state index contributed by atoms with van der Waals surface area (Å²) >= 11 is 12.9. The maximum absolute atomic E-state index is 6.15. The molecule has 0 atom stereocenters. The molecule has 5 heteroatoms. The first-order valence-electron chi connectivity index (χ1n) is 6.27. The highest BCUT2D eigenvalue weighted by molar-refractivity contribution is 7.99. The van der Waals surface area contributed by atoms with Gasteiger partial charge in [-0.3, -0.25) is 0 Å². The predicted molar refractivity (Wildman–Crippen MR) is 90.4 cm³/mol. The molecule has 0 bridgehead atoms. The molecular formula is C15H13ClN2S2. The van der Waals surface area contributed by atoms with Crippen LogP contribution in [0.4, 0.5) is 11.4 Å². The van der Waals surface area contributed by atoms with E-state index in [1.165, 1.54) is 15.5 Å². The van der Waals surface area contributed by atoms with E-state index in [9.17, 15) is 0 Å². The summed E-state index contributed by atoms with van der Waals surface area (Å²) in [6.45, 7) is 0.764. The van der Waals surface area contributed by atoms with Gasteiger partial charge in [0.25, 0.3) is 0 Å². The average Bonchev–Trinajstić information content (AvgIpc) is 2.43. The average molecular weight is 321 g/mol. The highest BCUT2D eigenvalue weighted by atomic mass is 35.5. The number of nitrogens with zero attached hydrogens (tertiary/aromatic N) is 1. The zero-order valence-electron chi connectivity index (χ0n) is 10.7. The molecule has 2 N–H and O–H groups in total. The SMILES string of the molecule is NC(=S)CCN1c2ccccc2Sc2ccc(Cl)cc21. The Balaban J connectivity index is 2.06. The molecule has 0 saturated heterocycles. The minimum atomic E-state index is 0.532. The van der Waals surface area contributed by atoms with Crippen molar-refractivity contribution in [2.24, 2.45) is 5.73 Å². The second-order valence-electron chi connectivity index (χ2n) is 4.55. The Kier molecular flexibility index (Phi) is 3.87. The second-order valence-corrected chi connectivity index (χ2v) is 6.59. The third-order valence-corrected chi connectivity index (χ3v) is 4.74. The predicted octanol–water partition coefficient (Wildman–Crippen LogP) is 4.62. The molecule has 0 spiro atoms. The summed E-state index contributed by atoms with van der Waals surface area (Å²) in [6, 6.07) is 14.3. The standard InChI is InChI=1S/C15H13ClN2S2/c16-10-5-6-14-12(9-10)18(8-7-15(17)19)11-3-1-2-4-13(11)20-14/h1-6,9H,7-8H2,(H2,17,19). The molecule has 0 amide bonds. The Hall–Kier alpha value is -1.23. The molecule has 0 fully saturated rings. The smallest absolute Gasteiger partial charge is 0.0745 e. The number of halogens is 1. The summed E-state index contributed by atoms with van der Waals surface area (Å²) in [5, 5.41) is 0.740. The quantitative estimate of drug-likeness (QED) is 0.836. The van der Waals surface area contributed by atoms with E-state index in [4.69, 9.17) is 29.6 Å². The molecule has 2 nitrogen and oxygen atoms in total. The highest BCUT2D eigenvalue weighted by Crippen LogP contribution is 2.48. The molecular weight excluding hydrogens is 308 g/mol. The van der Waals surface area contributed by atoms with Crippen molar-refractivity contribution in [1.29, 1.82) is 0 Å². The number of para-hydroxylation sites is 1. The van der Waals surface area contributed by atoms with Crippen molar-refractivity contribution in [3.63, 3.8) is 0 Å². The molecule has 0 aromatic heterocycles. The molecule has 0 aliphatic carbocycles. The zero-order chi connectivity index (χ0) is 14.1. The van der Waals surface area contributed by atoms with Crippen LogP contribution >= 0.6 is 35.6 Å². The van der Waals surface area contributed by atoms with Gasteiger partial charge in [-0.2, -0.15) is 0 Å². The molecule has 0 saturated carbocycles. The first kappa shape index (κ1) is 13.7. The molecule has 0 unspecified atom stereocenters. The summed E-state index contributed by atoms with van der Waals surface area (Å²) in [6.07, 6.45) is 0.681. The number of thiocarbonyl (C=S) groups is 1. The number of benzene rings is 2. The van der Waals surface area contributed by atoms with Crippen LogP contribution in [-0.4, -0.2) is 11.5 Å². The van der Waals surface area contributed by atoms with Gasteiger partial charge in [-0.25, -0.2) is 0 Å². The monoisotopic (exact) mass is 320 g/mol. The Labute approximate surface area is 132 Å². The fraction of sp³-hybridized carbons (Fsp3) is 0.133. The molecule has 0 radical (unpaired) electrons. The summed E-state index contributed by atoms with van der Waals surface area (Å²) in [4.78, 5) is 5.22. The lowest BCUT2D eigenvalue weighted by Crippen LogP contribution is -2.25. The van der Waals surface area contributed by atoms with Crippen LogP contribution in [0.15, 0.2) is 52.3 Å². The number of fused-ring (bicyclic) bond motifs is 2. The number of nitrogens with two attached hydrogens (primary N) is 1. The molecule has 3 rings (SSSR count). The summed E-state index contributed by atoms with van der Waals surface area (Å²) in [5.41, 5.74) is 7.96. The Morgan fingerprint density at radius 3 is 2.70 bits per heavy atom. The summed E-state index contributed by atoms with van der Waals surface area (Å²) in [5.74, 6) is 0. The van der Waals surface area contributed by atoms with Gasteiger partial charge in [0.2, 0.25) is 0 Å². The molecule has 2 aromatic carbocycles. The maximum atomic E-state index is 6.15. The van der Waals surface area contributed by atoms with Gasteiger partial charge < -0.3 is 10.6 Å².